The predicted octanol–water partition coefficient (Wildman–Crippen LogP) is 2.90. The second-order valence-electron chi connectivity index (χ2n) is 6.33. The SMILES string of the molecule is COc1ccccc1CNC(=O)NCc1ccc(Cn2ccccc2=O)cc1. The maximum absolute atomic E-state index is 12.0. The summed E-state index contributed by atoms with van der Waals surface area (Å²) in [5.74, 6) is 0.746. The molecule has 0 saturated heterocycles. The van der Waals surface area contributed by atoms with E-state index in [9.17, 15) is 9.59 Å². The summed E-state index contributed by atoms with van der Waals surface area (Å²) < 4.78 is 6.93. The van der Waals surface area contributed by atoms with Crippen LogP contribution in [0.25, 0.3) is 0 Å². The first-order valence-corrected chi connectivity index (χ1v) is 9.02. The van der Waals surface area contributed by atoms with Gasteiger partial charge in [0.05, 0.1) is 13.7 Å². The zero-order valence-electron chi connectivity index (χ0n) is 15.7. The second-order valence-corrected chi connectivity index (χ2v) is 6.33. The number of nitrogens with one attached hydrogen (secondary N) is 2. The Bertz CT molecular complexity index is 981. The molecule has 6 nitrogen and oxygen atoms in total. The molecule has 0 unspecified atom stereocenters. The van der Waals surface area contributed by atoms with Gasteiger partial charge in [-0.2, -0.15) is 0 Å². The van der Waals surface area contributed by atoms with E-state index in [1.165, 1.54) is 0 Å². The molecule has 3 rings (SSSR count). The average molecular weight is 377 g/mol. The number of ether oxygens (including phenoxy) is 1. The molecule has 2 aromatic carbocycles. The molecule has 2 N–H and O–H groups in total. The highest BCUT2D eigenvalue weighted by Gasteiger charge is 2.05. The van der Waals surface area contributed by atoms with Gasteiger partial charge in [0.1, 0.15) is 5.75 Å². The Morgan fingerprint density at radius 3 is 2.32 bits per heavy atom. The molecule has 6 heteroatoms. The number of aromatic nitrogens is 1. The monoisotopic (exact) mass is 377 g/mol. The number of hydrogen-bond acceptors (Lipinski definition) is 3. The molecule has 0 fully saturated rings. The lowest BCUT2D eigenvalue weighted by Gasteiger charge is -2.11. The van der Waals surface area contributed by atoms with E-state index >= 15 is 0 Å². The van der Waals surface area contributed by atoms with Crippen LogP contribution in [0.4, 0.5) is 4.79 Å². The average Bonchev–Trinajstić information content (AvgIpc) is 2.73. The maximum atomic E-state index is 12.0. The molecular weight excluding hydrogens is 354 g/mol. The highest BCUT2D eigenvalue weighted by molar-refractivity contribution is 5.73. The molecule has 0 aliphatic rings. The van der Waals surface area contributed by atoms with Crippen molar-refractivity contribution in [2.24, 2.45) is 0 Å². The fourth-order valence-corrected chi connectivity index (χ4v) is 2.82. The molecule has 0 aliphatic carbocycles. The van der Waals surface area contributed by atoms with E-state index in [0.29, 0.717) is 19.6 Å². The normalized spacial score (nSPS) is 10.3. The van der Waals surface area contributed by atoms with Crippen LogP contribution in [-0.4, -0.2) is 17.7 Å². The molecule has 0 aliphatic heterocycles. The minimum absolute atomic E-state index is 0.0278. The number of pyridine rings is 1. The van der Waals surface area contributed by atoms with Crippen LogP contribution in [0.5, 0.6) is 5.75 Å². The van der Waals surface area contributed by atoms with Crippen LogP contribution in [0.15, 0.2) is 77.7 Å². The third kappa shape index (κ3) is 5.23. The summed E-state index contributed by atoms with van der Waals surface area (Å²) in [6, 6.07) is 20.3. The molecule has 0 atom stereocenters. The summed E-state index contributed by atoms with van der Waals surface area (Å²) in [6.07, 6.45) is 1.77. The Balaban J connectivity index is 1.48. The number of urea groups is 1. The molecule has 1 aromatic heterocycles. The van der Waals surface area contributed by atoms with Crippen LogP contribution in [-0.2, 0) is 19.6 Å². The van der Waals surface area contributed by atoms with Gasteiger partial charge in [-0.25, -0.2) is 4.79 Å². The van der Waals surface area contributed by atoms with Crippen molar-refractivity contribution in [3.63, 3.8) is 0 Å². The summed E-state index contributed by atoms with van der Waals surface area (Å²) in [5.41, 5.74) is 2.90. The number of para-hydroxylation sites is 1. The van der Waals surface area contributed by atoms with Crippen molar-refractivity contribution < 1.29 is 9.53 Å². The smallest absolute Gasteiger partial charge is 0.315 e. The number of methoxy groups -OCH3 is 1. The lowest BCUT2D eigenvalue weighted by Crippen LogP contribution is -2.34. The van der Waals surface area contributed by atoms with E-state index in [-0.39, 0.29) is 11.6 Å². The van der Waals surface area contributed by atoms with Crippen molar-refractivity contribution in [2.45, 2.75) is 19.6 Å². The number of carbonyl (C=O) groups excluding carboxylic acids is 1. The van der Waals surface area contributed by atoms with Crippen molar-refractivity contribution in [1.82, 2.24) is 15.2 Å². The largest absolute Gasteiger partial charge is 0.496 e. The topological polar surface area (TPSA) is 72.4 Å². The van der Waals surface area contributed by atoms with Gasteiger partial charge < -0.3 is 19.9 Å². The lowest BCUT2D eigenvalue weighted by molar-refractivity contribution is 0.240. The predicted molar refractivity (Wildman–Crippen MR) is 108 cm³/mol. The van der Waals surface area contributed by atoms with Gasteiger partial charge in [-0.1, -0.05) is 48.5 Å². The van der Waals surface area contributed by atoms with E-state index in [1.54, 1.807) is 30.0 Å². The number of benzene rings is 2. The van der Waals surface area contributed by atoms with Gasteiger partial charge in [0.25, 0.3) is 5.56 Å². The van der Waals surface area contributed by atoms with Gasteiger partial charge >= 0.3 is 6.03 Å². The fraction of sp³-hybridized carbons (Fsp3) is 0.182. The van der Waals surface area contributed by atoms with Gasteiger partial charge in [0.2, 0.25) is 0 Å². The van der Waals surface area contributed by atoms with Crippen molar-refractivity contribution in [1.29, 1.82) is 0 Å². The van der Waals surface area contributed by atoms with Crippen LogP contribution in [0.3, 0.4) is 0 Å². The van der Waals surface area contributed by atoms with Gasteiger partial charge in [-0.05, 0) is 23.3 Å². The Labute approximate surface area is 163 Å². The molecule has 2 amide bonds. The van der Waals surface area contributed by atoms with Crippen molar-refractivity contribution in [2.75, 3.05) is 7.11 Å². The Morgan fingerprint density at radius 2 is 1.57 bits per heavy atom. The molecular formula is C22H23N3O3. The summed E-state index contributed by atoms with van der Waals surface area (Å²) in [4.78, 5) is 23.8. The Morgan fingerprint density at radius 1 is 0.893 bits per heavy atom. The van der Waals surface area contributed by atoms with Crippen molar-refractivity contribution >= 4 is 6.03 Å². The van der Waals surface area contributed by atoms with Gasteiger partial charge in [0, 0.05) is 30.9 Å². The maximum Gasteiger partial charge on any atom is 0.315 e. The van der Waals surface area contributed by atoms with Crippen LogP contribution >= 0.6 is 0 Å². The third-order valence-corrected chi connectivity index (χ3v) is 4.36. The number of nitrogens with zero attached hydrogens (tertiary/aromatic N) is 1. The second kappa shape index (κ2) is 9.41. The molecule has 1 heterocycles. The van der Waals surface area contributed by atoms with Crippen LogP contribution in [0.1, 0.15) is 16.7 Å². The van der Waals surface area contributed by atoms with Gasteiger partial charge in [-0.3, -0.25) is 4.79 Å². The highest BCUT2D eigenvalue weighted by atomic mass is 16.5. The number of carbonyl (C=O) groups is 1. The van der Waals surface area contributed by atoms with E-state index in [4.69, 9.17) is 4.74 Å². The summed E-state index contributed by atoms with van der Waals surface area (Å²) >= 11 is 0. The molecule has 144 valence electrons. The number of hydrogen-bond donors (Lipinski definition) is 2. The zero-order valence-corrected chi connectivity index (χ0v) is 15.7. The van der Waals surface area contributed by atoms with E-state index in [1.807, 2.05) is 54.6 Å². The van der Waals surface area contributed by atoms with Crippen LogP contribution in [0, 0.1) is 0 Å². The molecule has 0 spiro atoms. The summed E-state index contributed by atoms with van der Waals surface area (Å²) in [5, 5.41) is 5.66. The molecule has 0 bridgehead atoms. The molecule has 0 saturated carbocycles. The van der Waals surface area contributed by atoms with Crippen LogP contribution < -0.4 is 20.9 Å². The van der Waals surface area contributed by atoms with E-state index in [2.05, 4.69) is 10.6 Å². The standard InChI is InChI=1S/C22H23N3O3/c1-28-20-7-3-2-6-19(20)15-24-22(27)23-14-17-9-11-18(12-10-17)16-25-13-5-4-8-21(25)26/h2-13H,14-16H2,1H3,(H2,23,24,27). The number of rotatable bonds is 7. The van der Waals surface area contributed by atoms with Gasteiger partial charge in [0.15, 0.2) is 0 Å². The highest BCUT2D eigenvalue weighted by Crippen LogP contribution is 2.16. The summed E-state index contributed by atoms with van der Waals surface area (Å²) in [7, 11) is 1.61. The Hall–Kier alpha value is -3.54. The first-order chi connectivity index (χ1) is 13.7. The first-order valence-electron chi connectivity index (χ1n) is 9.02. The summed E-state index contributed by atoms with van der Waals surface area (Å²) in [6.45, 7) is 1.33. The van der Waals surface area contributed by atoms with Crippen molar-refractivity contribution in [3.8, 4) is 5.75 Å². The minimum atomic E-state index is -0.245. The third-order valence-electron chi connectivity index (χ3n) is 4.36. The molecule has 28 heavy (non-hydrogen) atoms. The lowest BCUT2D eigenvalue weighted by atomic mass is 10.1. The van der Waals surface area contributed by atoms with Gasteiger partial charge in [-0.15, -0.1) is 0 Å². The molecule has 0 radical (unpaired) electrons. The zero-order chi connectivity index (χ0) is 19.8. The number of amides is 2. The minimum Gasteiger partial charge on any atom is -0.496 e. The van der Waals surface area contributed by atoms with E-state index in [0.717, 1.165) is 22.4 Å². The van der Waals surface area contributed by atoms with E-state index < -0.39 is 0 Å². The fourth-order valence-electron chi connectivity index (χ4n) is 2.82. The Kier molecular flexibility index (Phi) is 6.46. The quantitative estimate of drug-likeness (QED) is 0.665. The molecule has 3 aromatic rings. The first kappa shape index (κ1) is 19.2. The van der Waals surface area contributed by atoms with Crippen molar-refractivity contribution in [3.05, 3.63) is 100.0 Å². The van der Waals surface area contributed by atoms with Crippen LogP contribution in [0.2, 0.25) is 0 Å².